The fraction of sp³-hybridized carbons (Fsp3) is 0.857. The Morgan fingerprint density at radius 2 is 2.20 bits per heavy atom. The molecule has 0 bridgehead atoms. The highest BCUT2D eigenvalue weighted by atomic mass is 19.1. The van der Waals surface area contributed by atoms with Crippen molar-refractivity contribution in [2.24, 2.45) is 5.92 Å². The van der Waals surface area contributed by atoms with Gasteiger partial charge in [-0.15, -0.1) is 0 Å². The van der Waals surface area contributed by atoms with E-state index in [1.807, 2.05) is 0 Å². The van der Waals surface area contributed by atoms with E-state index < -0.39 is 18.1 Å². The van der Waals surface area contributed by atoms with Crippen molar-refractivity contribution in [3.8, 4) is 0 Å². The van der Waals surface area contributed by atoms with Gasteiger partial charge < -0.3 is 5.11 Å². The van der Waals surface area contributed by atoms with Crippen LogP contribution in [0.5, 0.6) is 0 Å². The van der Waals surface area contributed by atoms with Gasteiger partial charge in [0.05, 0.1) is 5.92 Å². The first-order valence-corrected chi connectivity index (χ1v) is 3.57. The van der Waals surface area contributed by atoms with Gasteiger partial charge in [0.1, 0.15) is 6.17 Å². The monoisotopic (exact) mass is 146 g/mol. The summed E-state index contributed by atoms with van der Waals surface area (Å²) in [6.07, 6.45) is 1.25. The molecule has 58 valence electrons. The Balaban J connectivity index is 2.39. The van der Waals surface area contributed by atoms with Crippen molar-refractivity contribution < 1.29 is 14.3 Å². The summed E-state index contributed by atoms with van der Waals surface area (Å²) in [6.45, 7) is 0. The molecular formula is C7H11FO2. The minimum absolute atomic E-state index is 0.218. The molecule has 1 fully saturated rings. The number of hydrogen-bond donors (Lipinski definition) is 1. The van der Waals surface area contributed by atoms with Crippen LogP contribution in [0.4, 0.5) is 4.39 Å². The summed E-state index contributed by atoms with van der Waals surface area (Å²) in [4.78, 5) is 10.3. The lowest BCUT2D eigenvalue weighted by Crippen LogP contribution is -2.22. The SMILES string of the molecule is O=C(O)C1CCCC(F)C1. The lowest BCUT2D eigenvalue weighted by molar-refractivity contribution is -0.143. The smallest absolute Gasteiger partial charge is 0.306 e. The Bertz CT molecular complexity index is 136. The summed E-state index contributed by atoms with van der Waals surface area (Å²) in [7, 11) is 0. The molecule has 0 amide bonds. The molecule has 3 heteroatoms. The molecule has 0 aromatic carbocycles. The Kier molecular flexibility index (Phi) is 2.25. The quantitative estimate of drug-likeness (QED) is 0.610. The zero-order valence-electron chi connectivity index (χ0n) is 5.72. The van der Waals surface area contributed by atoms with Crippen molar-refractivity contribution >= 4 is 5.97 Å². The summed E-state index contributed by atoms with van der Waals surface area (Å²) in [5, 5.41) is 8.49. The Labute approximate surface area is 59.0 Å². The molecule has 2 unspecified atom stereocenters. The van der Waals surface area contributed by atoms with E-state index >= 15 is 0 Å². The van der Waals surface area contributed by atoms with Crippen LogP contribution in [-0.4, -0.2) is 17.2 Å². The molecular weight excluding hydrogens is 135 g/mol. The van der Waals surface area contributed by atoms with E-state index in [0.29, 0.717) is 12.8 Å². The van der Waals surface area contributed by atoms with Crippen molar-refractivity contribution in [1.82, 2.24) is 0 Å². The molecule has 0 spiro atoms. The molecule has 0 aliphatic heterocycles. The van der Waals surface area contributed by atoms with Crippen molar-refractivity contribution in [2.45, 2.75) is 31.9 Å². The third-order valence-corrected chi connectivity index (χ3v) is 1.96. The predicted octanol–water partition coefficient (Wildman–Crippen LogP) is 1.60. The predicted molar refractivity (Wildman–Crippen MR) is 34.5 cm³/mol. The lowest BCUT2D eigenvalue weighted by atomic mass is 9.88. The van der Waals surface area contributed by atoms with Gasteiger partial charge in [0.15, 0.2) is 0 Å². The van der Waals surface area contributed by atoms with Gasteiger partial charge in [-0.25, -0.2) is 4.39 Å². The molecule has 0 saturated heterocycles. The summed E-state index contributed by atoms with van der Waals surface area (Å²) < 4.78 is 12.5. The van der Waals surface area contributed by atoms with Gasteiger partial charge in [-0.1, -0.05) is 0 Å². The summed E-state index contributed by atoms with van der Waals surface area (Å²) >= 11 is 0. The molecule has 1 aliphatic rings. The van der Waals surface area contributed by atoms with Crippen molar-refractivity contribution in [1.29, 1.82) is 0 Å². The topological polar surface area (TPSA) is 37.3 Å². The van der Waals surface area contributed by atoms with Crippen LogP contribution >= 0.6 is 0 Å². The van der Waals surface area contributed by atoms with Crippen molar-refractivity contribution in [3.05, 3.63) is 0 Å². The molecule has 0 aromatic rings. The zero-order chi connectivity index (χ0) is 7.56. The maximum absolute atomic E-state index is 12.5. The third kappa shape index (κ3) is 1.69. The number of alkyl halides is 1. The average Bonchev–Trinajstić information content (AvgIpc) is 1.88. The first-order chi connectivity index (χ1) is 4.70. The summed E-state index contributed by atoms with van der Waals surface area (Å²) in [5.74, 6) is -1.27. The highest BCUT2D eigenvalue weighted by molar-refractivity contribution is 5.70. The van der Waals surface area contributed by atoms with Gasteiger partial charge in [-0.3, -0.25) is 4.79 Å². The van der Waals surface area contributed by atoms with E-state index in [0.717, 1.165) is 6.42 Å². The van der Waals surface area contributed by atoms with E-state index in [-0.39, 0.29) is 6.42 Å². The van der Waals surface area contributed by atoms with Gasteiger partial charge in [0, 0.05) is 0 Å². The number of rotatable bonds is 1. The van der Waals surface area contributed by atoms with E-state index in [2.05, 4.69) is 0 Å². The average molecular weight is 146 g/mol. The fourth-order valence-corrected chi connectivity index (χ4v) is 1.35. The van der Waals surface area contributed by atoms with Crippen LogP contribution < -0.4 is 0 Å². The second kappa shape index (κ2) is 2.99. The first-order valence-electron chi connectivity index (χ1n) is 3.57. The number of carboxylic acid groups (broad SMARTS) is 1. The molecule has 1 rings (SSSR count). The molecule has 1 aliphatic carbocycles. The molecule has 2 atom stereocenters. The summed E-state index contributed by atoms with van der Waals surface area (Å²) in [5.41, 5.74) is 0. The molecule has 0 aromatic heterocycles. The van der Waals surface area contributed by atoms with E-state index in [4.69, 9.17) is 5.11 Å². The summed E-state index contributed by atoms with van der Waals surface area (Å²) in [6, 6.07) is 0. The normalized spacial score (nSPS) is 33.7. The maximum Gasteiger partial charge on any atom is 0.306 e. The van der Waals surface area contributed by atoms with E-state index in [1.165, 1.54) is 0 Å². The second-order valence-corrected chi connectivity index (χ2v) is 2.80. The lowest BCUT2D eigenvalue weighted by Gasteiger charge is -2.20. The van der Waals surface area contributed by atoms with Gasteiger partial charge >= 0.3 is 5.97 Å². The maximum atomic E-state index is 12.5. The number of hydrogen-bond acceptors (Lipinski definition) is 1. The Morgan fingerprint density at radius 1 is 1.50 bits per heavy atom. The van der Waals surface area contributed by atoms with Gasteiger partial charge in [-0.05, 0) is 25.7 Å². The van der Waals surface area contributed by atoms with Crippen LogP contribution in [0, 0.1) is 5.92 Å². The highest BCUT2D eigenvalue weighted by Crippen LogP contribution is 2.26. The zero-order valence-corrected chi connectivity index (χ0v) is 5.72. The molecule has 1 saturated carbocycles. The van der Waals surface area contributed by atoms with Gasteiger partial charge in [-0.2, -0.15) is 0 Å². The van der Waals surface area contributed by atoms with Gasteiger partial charge in [0.2, 0.25) is 0 Å². The van der Waals surface area contributed by atoms with E-state index in [1.54, 1.807) is 0 Å². The number of aliphatic carboxylic acids is 1. The minimum atomic E-state index is -0.880. The van der Waals surface area contributed by atoms with Crippen LogP contribution in [0.2, 0.25) is 0 Å². The van der Waals surface area contributed by atoms with Crippen molar-refractivity contribution in [3.63, 3.8) is 0 Å². The second-order valence-electron chi connectivity index (χ2n) is 2.80. The molecule has 2 nitrogen and oxygen atoms in total. The molecule has 1 N–H and O–H groups in total. The van der Waals surface area contributed by atoms with Crippen molar-refractivity contribution in [2.75, 3.05) is 0 Å². The Morgan fingerprint density at radius 3 is 2.60 bits per heavy atom. The first kappa shape index (κ1) is 7.51. The van der Waals surface area contributed by atoms with Crippen LogP contribution in [0.25, 0.3) is 0 Å². The number of halogens is 1. The van der Waals surface area contributed by atoms with Crippen LogP contribution in [0.15, 0.2) is 0 Å². The Hall–Kier alpha value is -0.600. The van der Waals surface area contributed by atoms with Crippen LogP contribution in [0.1, 0.15) is 25.7 Å². The molecule has 0 radical (unpaired) electrons. The molecule has 10 heavy (non-hydrogen) atoms. The van der Waals surface area contributed by atoms with Crippen LogP contribution in [0.3, 0.4) is 0 Å². The van der Waals surface area contributed by atoms with Crippen LogP contribution in [-0.2, 0) is 4.79 Å². The fourth-order valence-electron chi connectivity index (χ4n) is 1.35. The van der Waals surface area contributed by atoms with E-state index in [9.17, 15) is 9.18 Å². The largest absolute Gasteiger partial charge is 0.481 e. The van der Waals surface area contributed by atoms with Gasteiger partial charge in [0.25, 0.3) is 0 Å². The third-order valence-electron chi connectivity index (χ3n) is 1.96. The standard InChI is InChI=1S/C7H11FO2/c8-6-3-1-2-5(4-6)7(9)10/h5-6H,1-4H2,(H,9,10). The minimum Gasteiger partial charge on any atom is -0.481 e. The molecule has 0 heterocycles. The number of carboxylic acids is 1. The number of carbonyl (C=O) groups is 1. The highest BCUT2D eigenvalue weighted by Gasteiger charge is 2.26.